The van der Waals surface area contributed by atoms with Crippen LogP contribution in [-0.4, -0.2) is 65.3 Å². The minimum Gasteiger partial charge on any atom is -0.459 e. The highest BCUT2D eigenvalue weighted by atomic mass is 16.7. The van der Waals surface area contributed by atoms with Crippen LogP contribution >= 0.6 is 0 Å². The molecule has 41 heavy (non-hydrogen) atoms. The van der Waals surface area contributed by atoms with Crippen LogP contribution in [0.25, 0.3) is 0 Å². The van der Waals surface area contributed by atoms with E-state index in [0.717, 1.165) is 0 Å². The average molecular weight is 575 g/mol. The Hall–Kier alpha value is -3.01. The largest absolute Gasteiger partial charge is 0.459 e. The van der Waals surface area contributed by atoms with Gasteiger partial charge in [-0.2, -0.15) is 0 Å². The van der Waals surface area contributed by atoms with Crippen molar-refractivity contribution >= 4 is 29.7 Å². The van der Waals surface area contributed by atoms with Gasteiger partial charge in [0.1, 0.15) is 18.3 Å². The zero-order valence-corrected chi connectivity index (χ0v) is 25.6. The Balaban J connectivity index is 1.94. The molecule has 4 rings (SSSR count). The van der Waals surface area contributed by atoms with Crippen LogP contribution in [0.2, 0.25) is 0 Å². The van der Waals surface area contributed by atoms with Crippen molar-refractivity contribution in [2.24, 2.45) is 29.1 Å². The molecule has 0 radical (unpaired) electrons. The van der Waals surface area contributed by atoms with Gasteiger partial charge in [-0.1, -0.05) is 33.8 Å². The molecule has 0 amide bonds. The molecule has 0 N–H and O–H groups in total. The maximum atomic E-state index is 14.5. The molecule has 226 valence electrons. The summed E-state index contributed by atoms with van der Waals surface area (Å²) >= 11 is 0. The van der Waals surface area contributed by atoms with E-state index < -0.39 is 82.7 Å². The minimum atomic E-state index is -1.33. The van der Waals surface area contributed by atoms with E-state index in [4.69, 9.17) is 23.7 Å². The van der Waals surface area contributed by atoms with Crippen LogP contribution in [0.3, 0.4) is 0 Å². The Kier molecular flexibility index (Phi) is 7.82. The fourth-order valence-corrected chi connectivity index (χ4v) is 7.53. The van der Waals surface area contributed by atoms with Crippen molar-refractivity contribution in [2.45, 2.75) is 111 Å². The molecule has 4 aliphatic rings. The number of rotatable bonds is 5. The molecule has 10 nitrogen and oxygen atoms in total. The second-order valence-electron chi connectivity index (χ2n) is 12.8. The zero-order valence-electron chi connectivity index (χ0n) is 25.6. The molecule has 0 aromatic rings. The van der Waals surface area contributed by atoms with E-state index in [1.807, 2.05) is 20.8 Å². The van der Waals surface area contributed by atoms with Crippen LogP contribution in [0.5, 0.6) is 0 Å². The van der Waals surface area contributed by atoms with Crippen LogP contribution in [0.15, 0.2) is 23.3 Å². The highest BCUT2D eigenvalue weighted by Crippen LogP contribution is 2.69. The molecule has 1 heterocycles. The first-order valence-corrected chi connectivity index (χ1v) is 14.2. The molecule has 0 aromatic heterocycles. The van der Waals surface area contributed by atoms with Crippen molar-refractivity contribution in [2.75, 3.05) is 0 Å². The Morgan fingerprint density at radius 1 is 0.902 bits per heavy atom. The summed E-state index contributed by atoms with van der Waals surface area (Å²) < 4.78 is 29.8. The number of carbonyl (C=O) groups excluding carboxylic acids is 5. The van der Waals surface area contributed by atoms with E-state index in [2.05, 4.69) is 0 Å². The molecule has 3 fully saturated rings. The maximum Gasteiger partial charge on any atom is 0.333 e. The van der Waals surface area contributed by atoms with Crippen molar-refractivity contribution in [1.82, 2.24) is 0 Å². The van der Waals surface area contributed by atoms with Gasteiger partial charge in [-0.25, -0.2) is 4.79 Å². The number of epoxide rings is 1. The summed E-state index contributed by atoms with van der Waals surface area (Å²) in [6, 6.07) is 0. The first kappa shape index (κ1) is 30.9. The topological polar surface area (TPSA) is 135 Å². The Morgan fingerprint density at radius 3 is 2.00 bits per heavy atom. The Morgan fingerprint density at radius 2 is 1.46 bits per heavy atom. The molecule has 1 saturated heterocycles. The quantitative estimate of drug-likeness (QED) is 0.157. The van der Waals surface area contributed by atoms with E-state index >= 15 is 0 Å². The predicted molar refractivity (Wildman–Crippen MR) is 145 cm³/mol. The molecule has 1 aliphatic heterocycles. The number of allylic oxidation sites excluding steroid dienone is 1. The van der Waals surface area contributed by atoms with E-state index in [9.17, 15) is 24.0 Å². The lowest BCUT2D eigenvalue weighted by atomic mass is 9.80. The van der Waals surface area contributed by atoms with E-state index in [0.29, 0.717) is 11.1 Å². The smallest absolute Gasteiger partial charge is 0.333 e. The van der Waals surface area contributed by atoms with Gasteiger partial charge in [-0.05, 0) is 50.2 Å². The third kappa shape index (κ3) is 4.91. The van der Waals surface area contributed by atoms with Crippen LogP contribution in [0.4, 0.5) is 0 Å². The number of carbonyl (C=O) groups is 5. The minimum absolute atomic E-state index is 0.233. The zero-order chi connectivity index (χ0) is 30.8. The standard InChI is InChI=1S/C31H42O10/c1-11-14(2)28(36)40-24-17(5)26(35)30-13-16(4)27(39-20(8)34)31(30,41-30)12-15(3)23(37-18(6)32)25(38-19(7)33)22-21(24)29(22,9)10/h11-12,16-17,21-25,27H,13H2,1-10H3/b14-11+,15-12-/t16-,17+,21-,22+,23+,24-,25-,27-,30-,31-/m0/s1. The van der Waals surface area contributed by atoms with Crippen LogP contribution in [0.1, 0.15) is 75.7 Å². The summed E-state index contributed by atoms with van der Waals surface area (Å²) in [4.78, 5) is 64.5. The van der Waals surface area contributed by atoms with Crippen molar-refractivity contribution in [1.29, 1.82) is 0 Å². The predicted octanol–water partition coefficient (Wildman–Crippen LogP) is 3.64. The van der Waals surface area contributed by atoms with Crippen molar-refractivity contribution in [3.8, 4) is 0 Å². The number of ether oxygens (including phenoxy) is 5. The Labute approximate surface area is 241 Å². The van der Waals surface area contributed by atoms with Crippen LogP contribution in [0, 0.1) is 29.1 Å². The molecule has 0 bridgehead atoms. The summed E-state index contributed by atoms with van der Waals surface area (Å²) in [6.45, 7) is 16.5. The second kappa shape index (κ2) is 10.4. The molecule has 0 spiro atoms. The number of fused-ring (bicyclic) bond motifs is 1. The van der Waals surface area contributed by atoms with E-state index in [1.54, 1.807) is 39.8 Å². The first-order valence-electron chi connectivity index (χ1n) is 14.2. The number of esters is 4. The number of hydrogen-bond acceptors (Lipinski definition) is 10. The highest BCUT2D eigenvalue weighted by molar-refractivity contribution is 5.96. The van der Waals surface area contributed by atoms with Gasteiger partial charge in [-0.15, -0.1) is 0 Å². The van der Waals surface area contributed by atoms with Gasteiger partial charge in [0.2, 0.25) is 0 Å². The molecular formula is C31H42O10. The summed E-state index contributed by atoms with van der Waals surface area (Å²) in [5.74, 6) is -4.34. The summed E-state index contributed by atoms with van der Waals surface area (Å²) in [5, 5.41) is 0. The molecule has 10 heteroatoms. The lowest BCUT2D eigenvalue weighted by Gasteiger charge is -2.30. The summed E-state index contributed by atoms with van der Waals surface area (Å²) in [5.41, 5.74) is -2.31. The SMILES string of the molecule is C/C=C(\C)C(=O)O[C@@H]1[C@@H]2[C@H]([C@H](OC(C)=O)[C@H](OC(C)=O)/C(C)=C\[C@@]34O[C@@]3(C[C@H](C)[C@@H]4OC(C)=O)C(=O)[C@@H]1C)C2(C)C. The lowest BCUT2D eigenvalue weighted by Crippen LogP contribution is -2.43. The van der Waals surface area contributed by atoms with Crippen molar-refractivity contribution in [3.05, 3.63) is 23.3 Å². The number of hydrogen-bond donors (Lipinski definition) is 0. The van der Waals surface area contributed by atoms with Crippen molar-refractivity contribution in [3.63, 3.8) is 0 Å². The molecule has 2 saturated carbocycles. The van der Waals surface area contributed by atoms with Gasteiger partial charge in [-0.3, -0.25) is 19.2 Å². The third-order valence-electron chi connectivity index (χ3n) is 9.57. The summed E-state index contributed by atoms with van der Waals surface area (Å²) in [6.07, 6.45) is 0.000346. The van der Waals surface area contributed by atoms with Gasteiger partial charge in [0, 0.05) is 38.2 Å². The normalized spacial score (nSPS) is 42.1. The molecule has 0 unspecified atom stereocenters. The van der Waals surface area contributed by atoms with Crippen LogP contribution in [-0.2, 0) is 47.7 Å². The monoisotopic (exact) mass is 574 g/mol. The van der Waals surface area contributed by atoms with E-state index in [1.165, 1.54) is 20.8 Å². The first-order chi connectivity index (χ1) is 18.9. The number of Topliss-reactive ketones (excluding diaryl/α,β-unsaturated/α-hetero) is 1. The van der Waals surface area contributed by atoms with Gasteiger partial charge >= 0.3 is 23.9 Å². The fraction of sp³-hybridized carbons (Fsp3) is 0.710. The average Bonchev–Trinajstić information content (AvgIpc) is 3.66. The van der Waals surface area contributed by atoms with Gasteiger partial charge < -0.3 is 23.7 Å². The third-order valence-corrected chi connectivity index (χ3v) is 9.57. The number of ketones is 1. The van der Waals surface area contributed by atoms with E-state index in [-0.39, 0.29) is 18.1 Å². The molecule has 3 aliphatic carbocycles. The van der Waals surface area contributed by atoms with Gasteiger partial charge in [0.05, 0.1) is 5.92 Å². The molecule has 10 atom stereocenters. The molecular weight excluding hydrogens is 532 g/mol. The Bertz CT molecular complexity index is 1230. The highest BCUT2D eigenvalue weighted by Gasteiger charge is 2.84. The van der Waals surface area contributed by atoms with Crippen LogP contribution < -0.4 is 0 Å². The maximum absolute atomic E-state index is 14.5. The lowest BCUT2D eigenvalue weighted by molar-refractivity contribution is -0.166. The second-order valence-corrected chi connectivity index (χ2v) is 12.8. The molecule has 0 aromatic carbocycles. The van der Waals surface area contributed by atoms with Gasteiger partial charge in [0.15, 0.2) is 23.1 Å². The summed E-state index contributed by atoms with van der Waals surface area (Å²) in [7, 11) is 0. The van der Waals surface area contributed by atoms with Crippen molar-refractivity contribution < 1.29 is 47.7 Å². The van der Waals surface area contributed by atoms with Gasteiger partial charge in [0.25, 0.3) is 0 Å². The fourth-order valence-electron chi connectivity index (χ4n) is 7.53.